The van der Waals surface area contributed by atoms with E-state index < -0.39 is 0 Å². The topological polar surface area (TPSA) is 108 Å². The van der Waals surface area contributed by atoms with Crippen LogP contribution in [0.4, 0.5) is 5.82 Å². The number of nitriles is 1. The molecule has 0 radical (unpaired) electrons. The van der Waals surface area contributed by atoms with E-state index in [4.69, 9.17) is 10.5 Å². The predicted octanol–water partition coefficient (Wildman–Crippen LogP) is 4.00. The highest BCUT2D eigenvalue weighted by Crippen LogP contribution is 2.34. The van der Waals surface area contributed by atoms with Gasteiger partial charge in [-0.2, -0.15) is 5.26 Å². The van der Waals surface area contributed by atoms with Crippen LogP contribution < -0.4 is 10.5 Å². The maximum atomic E-state index is 13.8. The first kappa shape index (κ1) is 26.1. The molecule has 3 heterocycles. The summed E-state index contributed by atoms with van der Waals surface area (Å²) in [6.07, 6.45) is 3.08. The first-order chi connectivity index (χ1) is 17.8. The lowest BCUT2D eigenvalue weighted by molar-refractivity contribution is 0.0724. The summed E-state index contributed by atoms with van der Waals surface area (Å²) in [6.45, 7) is 9.21. The third-order valence-corrected chi connectivity index (χ3v) is 6.87. The number of anilines is 1. The molecule has 1 amide bonds. The van der Waals surface area contributed by atoms with Crippen LogP contribution >= 0.6 is 0 Å². The molecule has 8 nitrogen and oxygen atoms in total. The number of benzene rings is 1. The molecule has 0 bridgehead atoms. The van der Waals surface area contributed by atoms with Crippen molar-refractivity contribution in [2.75, 3.05) is 39.0 Å². The second-order valence-electron chi connectivity index (χ2n) is 9.38. The molecule has 0 fully saturated rings. The summed E-state index contributed by atoms with van der Waals surface area (Å²) in [5.74, 6) is 0.966. The Morgan fingerprint density at radius 3 is 2.68 bits per heavy atom. The van der Waals surface area contributed by atoms with E-state index in [-0.39, 0.29) is 5.91 Å². The van der Waals surface area contributed by atoms with Gasteiger partial charge >= 0.3 is 0 Å². The van der Waals surface area contributed by atoms with Crippen molar-refractivity contribution in [2.45, 2.75) is 40.2 Å². The van der Waals surface area contributed by atoms with Crippen molar-refractivity contribution in [3.8, 4) is 22.9 Å². The van der Waals surface area contributed by atoms with Gasteiger partial charge in [0.25, 0.3) is 5.91 Å². The molecule has 0 aliphatic carbocycles. The normalized spacial score (nSPS) is 13.0. The summed E-state index contributed by atoms with van der Waals surface area (Å²) in [5, 5.41) is 9.33. The first-order valence-corrected chi connectivity index (χ1v) is 12.7. The molecule has 2 aromatic heterocycles. The molecule has 37 heavy (non-hydrogen) atoms. The second-order valence-corrected chi connectivity index (χ2v) is 9.38. The van der Waals surface area contributed by atoms with Crippen LogP contribution in [-0.2, 0) is 19.4 Å². The van der Waals surface area contributed by atoms with Crippen molar-refractivity contribution in [2.24, 2.45) is 0 Å². The summed E-state index contributed by atoms with van der Waals surface area (Å²) in [5.41, 5.74) is 12.8. The van der Waals surface area contributed by atoms with Gasteiger partial charge in [-0.3, -0.25) is 9.78 Å². The molecule has 0 spiro atoms. The summed E-state index contributed by atoms with van der Waals surface area (Å²) < 4.78 is 5.61. The number of hydrogen-bond donors (Lipinski definition) is 1. The van der Waals surface area contributed by atoms with Crippen LogP contribution in [0, 0.1) is 18.3 Å². The fraction of sp³-hybridized carbons (Fsp3) is 0.379. The minimum Gasteiger partial charge on any atom is -0.492 e. The Hall–Kier alpha value is -3.96. The van der Waals surface area contributed by atoms with E-state index in [0.717, 1.165) is 59.4 Å². The summed E-state index contributed by atoms with van der Waals surface area (Å²) in [6, 6.07) is 11.9. The number of pyridine rings is 2. The Labute approximate surface area is 218 Å². The monoisotopic (exact) mass is 498 g/mol. The van der Waals surface area contributed by atoms with Crippen molar-refractivity contribution in [3.05, 3.63) is 70.2 Å². The molecule has 2 N–H and O–H groups in total. The van der Waals surface area contributed by atoms with Crippen LogP contribution in [0.2, 0.25) is 0 Å². The number of likely N-dealkylation sites (N-methyl/N-ethyl adjacent to an activating group) is 1. The van der Waals surface area contributed by atoms with Crippen LogP contribution in [-0.4, -0.2) is 59.0 Å². The van der Waals surface area contributed by atoms with Crippen LogP contribution in [0.15, 0.2) is 36.5 Å². The van der Waals surface area contributed by atoms with Gasteiger partial charge in [-0.15, -0.1) is 0 Å². The Balaban J connectivity index is 1.70. The molecule has 8 heteroatoms. The molecule has 3 aromatic rings. The lowest BCUT2D eigenvalue weighted by Crippen LogP contribution is -2.37. The minimum absolute atomic E-state index is 0.0154. The predicted molar refractivity (Wildman–Crippen MR) is 144 cm³/mol. The van der Waals surface area contributed by atoms with Gasteiger partial charge in [0.05, 0.1) is 18.8 Å². The van der Waals surface area contributed by atoms with E-state index in [0.29, 0.717) is 42.5 Å². The number of aryl methyl sites for hydroxylation is 1. The summed E-state index contributed by atoms with van der Waals surface area (Å²) in [7, 11) is 2.10. The van der Waals surface area contributed by atoms with E-state index in [1.54, 1.807) is 6.07 Å². The number of aromatic nitrogens is 2. The highest BCUT2D eigenvalue weighted by Gasteiger charge is 2.28. The minimum atomic E-state index is -0.0154. The fourth-order valence-corrected chi connectivity index (χ4v) is 4.71. The molecule has 0 unspecified atom stereocenters. The lowest BCUT2D eigenvalue weighted by Gasteiger charge is -2.31. The van der Waals surface area contributed by atoms with Crippen LogP contribution in [0.25, 0.3) is 11.1 Å². The van der Waals surface area contributed by atoms with Gasteiger partial charge in [0.15, 0.2) is 0 Å². The van der Waals surface area contributed by atoms with Crippen molar-refractivity contribution < 1.29 is 9.53 Å². The molecular formula is C29H34N6O2. The molecule has 0 atom stereocenters. The number of ether oxygens (including phenoxy) is 1. The second kappa shape index (κ2) is 11.4. The van der Waals surface area contributed by atoms with Gasteiger partial charge in [-0.05, 0) is 75.2 Å². The third kappa shape index (κ3) is 5.73. The number of nitrogen functional groups attached to an aromatic ring is 1. The lowest BCUT2D eigenvalue weighted by atomic mass is 9.87. The van der Waals surface area contributed by atoms with E-state index >= 15 is 0 Å². The van der Waals surface area contributed by atoms with Crippen molar-refractivity contribution in [1.29, 1.82) is 5.26 Å². The zero-order valence-electron chi connectivity index (χ0n) is 22.0. The fourth-order valence-electron chi connectivity index (χ4n) is 4.71. The Kier molecular flexibility index (Phi) is 8.04. The third-order valence-electron chi connectivity index (χ3n) is 6.87. The van der Waals surface area contributed by atoms with Crippen LogP contribution in [0.1, 0.15) is 52.3 Å². The van der Waals surface area contributed by atoms with Gasteiger partial charge in [0, 0.05) is 42.2 Å². The molecule has 0 saturated heterocycles. The standard InChI is InChI=1S/C29H34N6O2/c1-5-34(4)11-9-20-13-25(23-7-8-28(31)33-19(23)3)24-10-12-35(29(36)26(24)14-20)18-22-15-27(37-6-2)21(16-30)17-32-22/h7-8,13-15,17H,5-6,9-12,18H2,1-4H3,(H2,31,33). The maximum Gasteiger partial charge on any atom is 0.254 e. The number of nitrogens with zero attached hydrogens (tertiary/aromatic N) is 5. The average Bonchev–Trinajstić information content (AvgIpc) is 2.89. The molecule has 0 saturated carbocycles. The highest BCUT2D eigenvalue weighted by molar-refractivity contribution is 5.99. The van der Waals surface area contributed by atoms with Crippen molar-refractivity contribution in [3.63, 3.8) is 0 Å². The van der Waals surface area contributed by atoms with Gasteiger partial charge in [-0.1, -0.05) is 13.0 Å². The Morgan fingerprint density at radius 2 is 1.97 bits per heavy atom. The van der Waals surface area contributed by atoms with E-state index in [9.17, 15) is 10.1 Å². The summed E-state index contributed by atoms with van der Waals surface area (Å²) in [4.78, 5) is 26.8. The number of hydrogen-bond acceptors (Lipinski definition) is 7. The van der Waals surface area contributed by atoms with Gasteiger partial charge in [-0.25, -0.2) is 4.98 Å². The molecular weight excluding hydrogens is 464 g/mol. The zero-order chi connectivity index (χ0) is 26.5. The molecule has 1 aliphatic heterocycles. The van der Waals surface area contributed by atoms with Crippen LogP contribution in [0.5, 0.6) is 5.75 Å². The number of nitrogens with two attached hydrogens (primary N) is 1. The molecule has 4 rings (SSSR count). The van der Waals surface area contributed by atoms with E-state index in [1.165, 1.54) is 6.20 Å². The Bertz CT molecular complexity index is 1350. The number of carbonyl (C=O) groups is 1. The number of carbonyl (C=O) groups excluding carboxylic acids is 1. The molecule has 192 valence electrons. The Morgan fingerprint density at radius 1 is 1.19 bits per heavy atom. The SMILES string of the molecule is CCOc1cc(CN2CCc3c(cc(CCN(C)CC)cc3-c3ccc(N)nc3C)C2=O)ncc1C#N. The van der Waals surface area contributed by atoms with E-state index in [2.05, 4.69) is 47.0 Å². The quantitative estimate of drug-likeness (QED) is 0.475. The molecule has 1 aromatic carbocycles. The number of fused-ring (bicyclic) bond motifs is 1. The van der Waals surface area contributed by atoms with Crippen LogP contribution in [0.3, 0.4) is 0 Å². The van der Waals surface area contributed by atoms with E-state index in [1.807, 2.05) is 30.9 Å². The van der Waals surface area contributed by atoms with Gasteiger partial charge in [0.1, 0.15) is 23.2 Å². The summed E-state index contributed by atoms with van der Waals surface area (Å²) >= 11 is 0. The average molecular weight is 499 g/mol. The number of rotatable bonds is 9. The maximum absolute atomic E-state index is 13.8. The molecule has 1 aliphatic rings. The van der Waals surface area contributed by atoms with Crippen molar-refractivity contribution in [1.82, 2.24) is 19.8 Å². The smallest absolute Gasteiger partial charge is 0.254 e. The highest BCUT2D eigenvalue weighted by atomic mass is 16.5. The first-order valence-electron chi connectivity index (χ1n) is 12.7. The number of amides is 1. The van der Waals surface area contributed by atoms with Gasteiger partial charge in [0.2, 0.25) is 0 Å². The van der Waals surface area contributed by atoms with Gasteiger partial charge < -0.3 is 20.3 Å². The zero-order valence-corrected chi connectivity index (χ0v) is 22.0. The largest absolute Gasteiger partial charge is 0.492 e. The van der Waals surface area contributed by atoms with Crippen molar-refractivity contribution >= 4 is 11.7 Å².